The Bertz CT molecular complexity index is 429. The van der Waals surface area contributed by atoms with Gasteiger partial charge in [-0.25, -0.2) is 8.78 Å². The third kappa shape index (κ3) is 3.60. The van der Waals surface area contributed by atoms with Gasteiger partial charge in [-0.1, -0.05) is 6.07 Å². The number of benzene rings is 1. The van der Waals surface area contributed by atoms with Crippen molar-refractivity contribution in [2.45, 2.75) is 0 Å². The average Bonchev–Trinajstić information content (AvgIpc) is 2.15. The van der Waals surface area contributed by atoms with Gasteiger partial charge in [-0.05, 0) is 19.2 Å². The highest BCUT2D eigenvalue weighted by Gasteiger charge is 2.18. The van der Waals surface area contributed by atoms with Gasteiger partial charge in [0.25, 0.3) is 0 Å². The summed E-state index contributed by atoms with van der Waals surface area (Å²) >= 11 is 0. The summed E-state index contributed by atoms with van der Waals surface area (Å²) in [7, 11) is 1.46. The highest BCUT2D eigenvalue weighted by atomic mass is 19.1. The molecule has 6 heteroatoms. The summed E-state index contributed by atoms with van der Waals surface area (Å²) in [5.41, 5.74) is 4.33. The Morgan fingerprint density at radius 2 is 1.76 bits per heavy atom. The summed E-state index contributed by atoms with van der Waals surface area (Å²) in [5.74, 6) is -3.18. The zero-order chi connectivity index (χ0) is 13.0. The maximum atomic E-state index is 13.2. The first kappa shape index (κ1) is 13.2. The molecule has 4 nitrogen and oxygen atoms in total. The summed E-state index contributed by atoms with van der Waals surface area (Å²) in [6.07, 6.45) is 0. The molecule has 0 aliphatic rings. The predicted octanol–water partition coefficient (Wildman–Crippen LogP) is 0.565. The standard InChI is InChI=1S/C11H12F2N2O2/c1-15(6-10(14)17)5-9(16)11-7(12)3-2-4-8(11)13/h2-4H,5-6H2,1H3,(H2,14,17). The second-order valence-corrected chi connectivity index (χ2v) is 3.66. The Morgan fingerprint density at radius 1 is 1.24 bits per heavy atom. The van der Waals surface area contributed by atoms with Crippen LogP contribution in [0.5, 0.6) is 0 Å². The fourth-order valence-electron chi connectivity index (χ4n) is 1.41. The fourth-order valence-corrected chi connectivity index (χ4v) is 1.41. The topological polar surface area (TPSA) is 63.4 Å². The van der Waals surface area contributed by atoms with Crippen molar-refractivity contribution in [3.63, 3.8) is 0 Å². The molecule has 1 rings (SSSR count). The van der Waals surface area contributed by atoms with Crippen LogP contribution in [0, 0.1) is 11.6 Å². The molecule has 2 N–H and O–H groups in total. The molecular formula is C11H12F2N2O2. The van der Waals surface area contributed by atoms with E-state index in [1.165, 1.54) is 18.0 Å². The van der Waals surface area contributed by atoms with Crippen LogP contribution in [0.4, 0.5) is 8.78 Å². The van der Waals surface area contributed by atoms with Crippen molar-refractivity contribution in [1.29, 1.82) is 0 Å². The normalized spacial score (nSPS) is 10.6. The van der Waals surface area contributed by atoms with Crippen LogP contribution in [0.3, 0.4) is 0 Å². The molecule has 0 radical (unpaired) electrons. The van der Waals surface area contributed by atoms with Gasteiger partial charge in [0.05, 0.1) is 18.7 Å². The molecule has 0 aromatic heterocycles. The second-order valence-electron chi connectivity index (χ2n) is 3.66. The van der Waals surface area contributed by atoms with Crippen LogP contribution in [0.25, 0.3) is 0 Å². The predicted molar refractivity (Wildman–Crippen MR) is 57.4 cm³/mol. The molecule has 92 valence electrons. The second kappa shape index (κ2) is 5.49. The van der Waals surface area contributed by atoms with E-state index in [0.29, 0.717) is 0 Å². The first-order valence-electron chi connectivity index (χ1n) is 4.86. The molecule has 0 atom stereocenters. The van der Waals surface area contributed by atoms with E-state index in [0.717, 1.165) is 12.1 Å². The van der Waals surface area contributed by atoms with Crippen molar-refractivity contribution < 1.29 is 18.4 Å². The van der Waals surface area contributed by atoms with E-state index in [1.807, 2.05) is 0 Å². The fraction of sp³-hybridized carbons (Fsp3) is 0.273. The van der Waals surface area contributed by atoms with Gasteiger partial charge in [-0.2, -0.15) is 0 Å². The van der Waals surface area contributed by atoms with Gasteiger partial charge in [0.1, 0.15) is 11.6 Å². The third-order valence-electron chi connectivity index (χ3n) is 2.08. The molecule has 0 saturated heterocycles. The average molecular weight is 242 g/mol. The number of carbonyl (C=O) groups is 2. The summed E-state index contributed by atoms with van der Waals surface area (Å²) in [4.78, 5) is 23.5. The molecule has 0 aliphatic carbocycles. The van der Waals surface area contributed by atoms with E-state index >= 15 is 0 Å². The lowest BCUT2D eigenvalue weighted by molar-refractivity contribution is -0.118. The van der Waals surface area contributed by atoms with Crippen LogP contribution in [-0.4, -0.2) is 36.7 Å². The van der Waals surface area contributed by atoms with Gasteiger partial charge in [0.2, 0.25) is 5.91 Å². The molecule has 1 amide bonds. The number of nitrogens with zero attached hydrogens (tertiary/aromatic N) is 1. The monoisotopic (exact) mass is 242 g/mol. The van der Waals surface area contributed by atoms with Crippen LogP contribution in [0.1, 0.15) is 10.4 Å². The Labute approximate surface area is 97.0 Å². The Kier molecular flexibility index (Phi) is 4.28. The van der Waals surface area contributed by atoms with E-state index in [9.17, 15) is 18.4 Å². The lowest BCUT2D eigenvalue weighted by Crippen LogP contribution is -2.34. The van der Waals surface area contributed by atoms with Gasteiger partial charge in [-0.15, -0.1) is 0 Å². The molecule has 1 aromatic rings. The summed E-state index contributed by atoms with van der Waals surface area (Å²) in [5, 5.41) is 0. The van der Waals surface area contributed by atoms with E-state index in [4.69, 9.17) is 5.73 Å². The molecule has 0 spiro atoms. The zero-order valence-corrected chi connectivity index (χ0v) is 9.24. The maximum absolute atomic E-state index is 13.2. The minimum Gasteiger partial charge on any atom is -0.369 e. The van der Waals surface area contributed by atoms with Crippen molar-refractivity contribution in [1.82, 2.24) is 4.90 Å². The van der Waals surface area contributed by atoms with Crippen LogP contribution < -0.4 is 5.73 Å². The lowest BCUT2D eigenvalue weighted by atomic mass is 10.1. The molecule has 0 unspecified atom stereocenters. The number of carbonyl (C=O) groups excluding carboxylic acids is 2. The van der Waals surface area contributed by atoms with Crippen molar-refractivity contribution in [3.05, 3.63) is 35.4 Å². The van der Waals surface area contributed by atoms with Crippen molar-refractivity contribution in [3.8, 4) is 0 Å². The van der Waals surface area contributed by atoms with E-state index < -0.39 is 28.9 Å². The van der Waals surface area contributed by atoms with Gasteiger partial charge in [0.15, 0.2) is 5.78 Å². The molecule has 0 aliphatic heterocycles. The number of rotatable bonds is 5. The number of nitrogens with two attached hydrogens (primary N) is 1. The van der Waals surface area contributed by atoms with Crippen LogP contribution in [-0.2, 0) is 4.79 Å². The minimum atomic E-state index is -0.914. The smallest absolute Gasteiger partial charge is 0.231 e. The summed E-state index contributed by atoms with van der Waals surface area (Å²) in [6.45, 7) is -0.428. The first-order valence-corrected chi connectivity index (χ1v) is 4.86. The highest BCUT2D eigenvalue weighted by Crippen LogP contribution is 2.12. The van der Waals surface area contributed by atoms with Gasteiger partial charge >= 0.3 is 0 Å². The number of primary amides is 1. The molecule has 1 aromatic carbocycles. The molecule has 0 bridgehead atoms. The van der Waals surface area contributed by atoms with Crippen LogP contribution in [0.15, 0.2) is 18.2 Å². The Balaban J connectivity index is 2.80. The molecule has 17 heavy (non-hydrogen) atoms. The minimum absolute atomic E-state index is 0.151. The van der Waals surface area contributed by atoms with Gasteiger partial charge < -0.3 is 5.73 Å². The van der Waals surface area contributed by atoms with E-state index in [1.54, 1.807) is 0 Å². The molecule has 0 heterocycles. The van der Waals surface area contributed by atoms with Crippen LogP contribution >= 0.6 is 0 Å². The Morgan fingerprint density at radius 3 is 2.24 bits per heavy atom. The zero-order valence-electron chi connectivity index (χ0n) is 9.24. The highest BCUT2D eigenvalue weighted by molar-refractivity contribution is 5.98. The maximum Gasteiger partial charge on any atom is 0.231 e. The van der Waals surface area contributed by atoms with Gasteiger partial charge in [-0.3, -0.25) is 14.5 Å². The molecule has 0 fully saturated rings. The number of amides is 1. The van der Waals surface area contributed by atoms with E-state index in [2.05, 4.69) is 0 Å². The molecular weight excluding hydrogens is 230 g/mol. The number of likely N-dealkylation sites (N-methyl/N-ethyl adjacent to an activating group) is 1. The number of Topliss-reactive ketones (excluding diaryl/α,β-unsaturated/α-hetero) is 1. The van der Waals surface area contributed by atoms with Crippen molar-refractivity contribution in [2.75, 3.05) is 20.1 Å². The molecule has 0 saturated carbocycles. The number of halogens is 2. The summed E-state index contributed by atoms with van der Waals surface area (Å²) in [6, 6.07) is 3.18. The lowest BCUT2D eigenvalue weighted by Gasteiger charge is -2.13. The van der Waals surface area contributed by atoms with Crippen molar-refractivity contribution in [2.24, 2.45) is 5.73 Å². The number of ketones is 1. The van der Waals surface area contributed by atoms with Crippen molar-refractivity contribution >= 4 is 11.7 Å². The third-order valence-corrected chi connectivity index (χ3v) is 2.08. The quantitative estimate of drug-likeness (QED) is 0.767. The summed E-state index contributed by atoms with van der Waals surface area (Å²) < 4.78 is 26.5. The van der Waals surface area contributed by atoms with E-state index in [-0.39, 0.29) is 13.1 Å². The first-order chi connectivity index (χ1) is 7.91. The van der Waals surface area contributed by atoms with Crippen LogP contribution in [0.2, 0.25) is 0 Å². The largest absolute Gasteiger partial charge is 0.369 e. The SMILES string of the molecule is CN(CC(N)=O)CC(=O)c1c(F)cccc1F. The Hall–Kier alpha value is -1.82. The van der Waals surface area contributed by atoms with Gasteiger partial charge in [0, 0.05) is 0 Å². The number of hydrogen-bond donors (Lipinski definition) is 1. The number of hydrogen-bond acceptors (Lipinski definition) is 3.